The summed E-state index contributed by atoms with van der Waals surface area (Å²) in [6, 6.07) is 8.52. The first kappa shape index (κ1) is 20.6. The molecule has 2 rings (SSSR count). The molecule has 144 valence electrons. The fourth-order valence-electron chi connectivity index (χ4n) is 2.04. The molecular weight excluding hydrogens is 387 g/mol. The highest BCUT2D eigenvalue weighted by molar-refractivity contribution is 6.33. The van der Waals surface area contributed by atoms with E-state index in [1.807, 2.05) is 0 Å². The van der Waals surface area contributed by atoms with Crippen LogP contribution in [-0.2, 0) is 15.7 Å². The van der Waals surface area contributed by atoms with Gasteiger partial charge in [-0.3, -0.25) is 4.79 Å². The first-order chi connectivity index (χ1) is 12.6. The van der Waals surface area contributed by atoms with Gasteiger partial charge in [-0.1, -0.05) is 11.6 Å². The van der Waals surface area contributed by atoms with Gasteiger partial charge in [-0.25, -0.2) is 4.79 Å². The summed E-state index contributed by atoms with van der Waals surface area (Å²) < 4.78 is 48.3. The van der Waals surface area contributed by atoms with Crippen LogP contribution >= 0.6 is 11.6 Å². The van der Waals surface area contributed by atoms with Crippen molar-refractivity contribution in [3.05, 3.63) is 58.6 Å². The number of anilines is 1. The Morgan fingerprint density at radius 3 is 2.30 bits per heavy atom. The van der Waals surface area contributed by atoms with Crippen molar-refractivity contribution in [2.45, 2.75) is 19.2 Å². The predicted molar refractivity (Wildman–Crippen MR) is 93.0 cm³/mol. The van der Waals surface area contributed by atoms with Crippen molar-refractivity contribution in [1.82, 2.24) is 0 Å². The molecule has 0 heterocycles. The summed E-state index contributed by atoms with van der Waals surface area (Å²) in [5, 5.41) is 2.15. The van der Waals surface area contributed by atoms with Gasteiger partial charge in [0.2, 0.25) is 0 Å². The van der Waals surface area contributed by atoms with Crippen molar-refractivity contribution in [2.24, 2.45) is 0 Å². The van der Waals surface area contributed by atoms with Gasteiger partial charge in [0, 0.05) is 0 Å². The monoisotopic (exact) mass is 401 g/mol. The third kappa shape index (κ3) is 5.37. The van der Waals surface area contributed by atoms with Gasteiger partial charge in [-0.15, -0.1) is 0 Å². The van der Waals surface area contributed by atoms with Gasteiger partial charge in [-0.2, -0.15) is 13.2 Å². The van der Waals surface area contributed by atoms with Crippen molar-refractivity contribution in [1.29, 1.82) is 0 Å². The molecule has 0 spiro atoms. The molecule has 0 unspecified atom stereocenters. The number of carbonyl (C=O) groups is 2. The molecule has 27 heavy (non-hydrogen) atoms. The van der Waals surface area contributed by atoms with Gasteiger partial charge in [0.1, 0.15) is 5.75 Å². The lowest BCUT2D eigenvalue weighted by Crippen LogP contribution is -2.30. The maximum Gasteiger partial charge on any atom is 0.416 e. The van der Waals surface area contributed by atoms with Crippen LogP contribution in [0, 0.1) is 0 Å². The van der Waals surface area contributed by atoms with Crippen LogP contribution in [0.5, 0.6) is 5.75 Å². The van der Waals surface area contributed by atoms with E-state index in [4.69, 9.17) is 21.1 Å². The Bertz CT molecular complexity index is 837. The second-order valence-corrected chi connectivity index (χ2v) is 5.86. The van der Waals surface area contributed by atoms with Crippen molar-refractivity contribution in [3.63, 3.8) is 0 Å². The fraction of sp³-hybridized carbons (Fsp3) is 0.222. The van der Waals surface area contributed by atoms with Gasteiger partial charge in [-0.05, 0) is 49.4 Å². The Kier molecular flexibility index (Phi) is 6.32. The number of nitrogens with one attached hydrogen (secondary N) is 1. The zero-order valence-corrected chi connectivity index (χ0v) is 15.0. The molecule has 1 N–H and O–H groups in total. The number of esters is 1. The number of carbonyl (C=O) groups excluding carboxylic acids is 2. The topological polar surface area (TPSA) is 64.6 Å². The molecule has 2 aromatic rings. The number of hydrogen-bond acceptors (Lipinski definition) is 4. The zero-order valence-electron chi connectivity index (χ0n) is 14.3. The fourth-order valence-corrected chi connectivity index (χ4v) is 2.21. The average molecular weight is 402 g/mol. The highest BCUT2D eigenvalue weighted by Crippen LogP contribution is 2.33. The number of alkyl halides is 3. The SMILES string of the molecule is COc1ccc(C(=O)O[C@@H](C)C(=O)Nc2cc(C(F)(F)F)ccc2Cl)cc1. The maximum absolute atomic E-state index is 12.8. The van der Waals surface area contributed by atoms with E-state index < -0.39 is 29.7 Å². The summed E-state index contributed by atoms with van der Waals surface area (Å²) in [6.45, 7) is 1.29. The van der Waals surface area contributed by atoms with Crippen molar-refractivity contribution in [2.75, 3.05) is 12.4 Å². The normalized spacial score (nSPS) is 12.2. The van der Waals surface area contributed by atoms with Crippen LogP contribution in [0.2, 0.25) is 5.02 Å². The summed E-state index contributed by atoms with van der Waals surface area (Å²) in [4.78, 5) is 24.2. The molecule has 9 heteroatoms. The molecule has 0 aliphatic rings. The second-order valence-electron chi connectivity index (χ2n) is 5.46. The van der Waals surface area contributed by atoms with E-state index >= 15 is 0 Å². The summed E-state index contributed by atoms with van der Waals surface area (Å²) >= 11 is 5.82. The number of halogens is 4. The lowest BCUT2D eigenvalue weighted by molar-refractivity contribution is -0.137. The van der Waals surface area contributed by atoms with Crippen LogP contribution in [0.4, 0.5) is 18.9 Å². The largest absolute Gasteiger partial charge is 0.497 e. The van der Waals surface area contributed by atoms with Gasteiger partial charge < -0.3 is 14.8 Å². The Labute approximate surface area is 158 Å². The minimum atomic E-state index is -4.59. The van der Waals surface area contributed by atoms with Crippen LogP contribution in [0.1, 0.15) is 22.8 Å². The number of ether oxygens (including phenoxy) is 2. The number of methoxy groups -OCH3 is 1. The average Bonchev–Trinajstić information content (AvgIpc) is 2.62. The molecule has 2 aromatic carbocycles. The van der Waals surface area contributed by atoms with Crippen molar-refractivity contribution in [3.8, 4) is 5.75 Å². The van der Waals surface area contributed by atoms with Crippen LogP contribution in [0.15, 0.2) is 42.5 Å². The standard InChI is InChI=1S/C18H15ClF3NO4/c1-10(27-17(25)11-3-6-13(26-2)7-4-11)16(24)23-15-9-12(18(20,21)22)5-8-14(15)19/h3-10H,1-2H3,(H,23,24)/t10-/m0/s1. The molecule has 0 aliphatic carbocycles. The predicted octanol–water partition coefficient (Wildman–Crippen LogP) is 4.55. The van der Waals surface area contributed by atoms with Crippen molar-refractivity contribution < 1.29 is 32.2 Å². The third-order valence-corrected chi connectivity index (χ3v) is 3.86. The minimum absolute atomic E-state index is 0.0787. The molecule has 0 saturated carbocycles. The van der Waals surface area contributed by atoms with E-state index in [1.165, 1.54) is 26.2 Å². The molecule has 1 amide bonds. The summed E-state index contributed by atoms with van der Waals surface area (Å²) in [7, 11) is 1.47. The number of amides is 1. The maximum atomic E-state index is 12.8. The molecule has 5 nitrogen and oxygen atoms in total. The van der Waals surface area contributed by atoms with E-state index in [2.05, 4.69) is 5.32 Å². The quantitative estimate of drug-likeness (QED) is 0.746. The molecule has 0 saturated heterocycles. The zero-order chi connectivity index (χ0) is 20.2. The van der Waals surface area contributed by atoms with Crippen LogP contribution in [0.25, 0.3) is 0 Å². The van der Waals surface area contributed by atoms with E-state index in [1.54, 1.807) is 12.1 Å². The molecule has 0 radical (unpaired) electrons. The lowest BCUT2D eigenvalue weighted by Gasteiger charge is -2.15. The molecular formula is C18H15ClF3NO4. The Morgan fingerprint density at radius 1 is 1.11 bits per heavy atom. The van der Waals surface area contributed by atoms with Gasteiger partial charge in [0.25, 0.3) is 5.91 Å². The van der Waals surface area contributed by atoms with E-state index in [0.717, 1.165) is 12.1 Å². The molecule has 0 fully saturated rings. The Hall–Kier alpha value is -2.74. The Balaban J connectivity index is 2.06. The lowest BCUT2D eigenvalue weighted by atomic mass is 10.2. The van der Waals surface area contributed by atoms with E-state index in [0.29, 0.717) is 11.8 Å². The number of hydrogen-bond donors (Lipinski definition) is 1. The first-order valence-corrected chi connectivity index (χ1v) is 8.02. The van der Waals surface area contributed by atoms with Crippen molar-refractivity contribution >= 4 is 29.2 Å². The van der Waals surface area contributed by atoms with Crippen LogP contribution < -0.4 is 10.1 Å². The minimum Gasteiger partial charge on any atom is -0.497 e. The van der Waals surface area contributed by atoms with E-state index in [-0.39, 0.29) is 16.3 Å². The van der Waals surface area contributed by atoms with Crippen LogP contribution in [0.3, 0.4) is 0 Å². The summed E-state index contributed by atoms with van der Waals surface area (Å²) in [5.41, 5.74) is -1.01. The second kappa shape index (κ2) is 8.30. The van der Waals surface area contributed by atoms with Crippen LogP contribution in [-0.4, -0.2) is 25.1 Å². The number of rotatable bonds is 5. The van der Waals surface area contributed by atoms with E-state index in [9.17, 15) is 22.8 Å². The molecule has 1 atom stereocenters. The van der Waals surface area contributed by atoms with Gasteiger partial charge in [0.05, 0.1) is 28.9 Å². The first-order valence-electron chi connectivity index (χ1n) is 7.64. The number of benzene rings is 2. The summed E-state index contributed by atoms with van der Waals surface area (Å²) in [6.07, 6.45) is -5.85. The highest BCUT2D eigenvalue weighted by atomic mass is 35.5. The molecule has 0 bridgehead atoms. The molecule has 0 aliphatic heterocycles. The smallest absolute Gasteiger partial charge is 0.416 e. The van der Waals surface area contributed by atoms with Gasteiger partial charge >= 0.3 is 12.1 Å². The highest BCUT2D eigenvalue weighted by Gasteiger charge is 2.31. The third-order valence-electron chi connectivity index (χ3n) is 3.53. The molecule has 0 aromatic heterocycles. The summed E-state index contributed by atoms with van der Waals surface area (Å²) in [5.74, 6) is -1.05. The Morgan fingerprint density at radius 2 is 1.74 bits per heavy atom. The van der Waals surface area contributed by atoms with Gasteiger partial charge in [0.15, 0.2) is 6.10 Å².